The zero-order valence-corrected chi connectivity index (χ0v) is 14.2. The number of ether oxygens (including phenoxy) is 1. The highest BCUT2D eigenvalue weighted by Gasteiger charge is 2.35. The first-order valence-corrected chi connectivity index (χ1v) is 8.71. The van der Waals surface area contributed by atoms with Gasteiger partial charge in [-0.3, -0.25) is 4.79 Å². The number of carboxylic acids is 1. The van der Waals surface area contributed by atoms with Crippen LogP contribution in [-0.4, -0.2) is 23.3 Å². The van der Waals surface area contributed by atoms with Gasteiger partial charge in [-0.2, -0.15) is 0 Å². The number of unbranched alkanes of at least 4 members (excludes halogenated alkanes) is 1. The molecule has 1 saturated heterocycles. The van der Waals surface area contributed by atoms with Crippen molar-refractivity contribution in [2.75, 3.05) is 0 Å². The smallest absolute Gasteiger partial charge is 0.303 e. The highest BCUT2D eigenvalue weighted by Crippen LogP contribution is 2.28. The van der Waals surface area contributed by atoms with Crippen LogP contribution in [0.1, 0.15) is 58.3 Å². The molecule has 0 amide bonds. The predicted molar refractivity (Wildman–Crippen MR) is 95.5 cm³/mol. The summed E-state index contributed by atoms with van der Waals surface area (Å²) in [6, 6.07) is 0. The lowest BCUT2D eigenvalue weighted by atomic mass is 10.1. The number of hydrogen-bond acceptors (Lipinski definition) is 2. The maximum Gasteiger partial charge on any atom is 0.303 e. The second kappa shape index (κ2) is 12.9. The van der Waals surface area contributed by atoms with Crippen molar-refractivity contribution < 1.29 is 14.6 Å². The number of hydrogen-bond donors (Lipinski definition) is 1. The maximum absolute atomic E-state index is 10.3. The van der Waals surface area contributed by atoms with Crippen LogP contribution in [0.2, 0.25) is 0 Å². The summed E-state index contributed by atoms with van der Waals surface area (Å²) in [7, 11) is 0. The third kappa shape index (κ3) is 11.6. The molecule has 128 valence electrons. The Morgan fingerprint density at radius 2 is 1.48 bits per heavy atom. The molecular formula is C20H30O3. The number of carbonyl (C=O) groups is 1. The number of rotatable bonds is 13. The van der Waals surface area contributed by atoms with Gasteiger partial charge in [0.25, 0.3) is 0 Å². The van der Waals surface area contributed by atoms with E-state index in [1.54, 1.807) is 0 Å². The van der Waals surface area contributed by atoms with Gasteiger partial charge >= 0.3 is 5.97 Å². The minimum absolute atomic E-state index is 0.255. The predicted octanol–water partition coefficient (Wildman–Crippen LogP) is 5.20. The molecule has 1 rings (SSSR count). The van der Waals surface area contributed by atoms with Gasteiger partial charge in [0.05, 0.1) is 12.2 Å². The first kappa shape index (κ1) is 19.4. The van der Waals surface area contributed by atoms with Crippen LogP contribution in [0.4, 0.5) is 0 Å². The zero-order chi connectivity index (χ0) is 16.8. The molecule has 1 heterocycles. The molecule has 0 radical (unpaired) electrons. The summed E-state index contributed by atoms with van der Waals surface area (Å²) < 4.78 is 5.60. The van der Waals surface area contributed by atoms with Gasteiger partial charge in [-0.25, -0.2) is 0 Å². The lowest BCUT2D eigenvalue weighted by Crippen LogP contribution is -1.92. The number of epoxide rings is 1. The van der Waals surface area contributed by atoms with Crippen LogP contribution >= 0.6 is 0 Å². The van der Waals surface area contributed by atoms with Crippen molar-refractivity contribution in [1.82, 2.24) is 0 Å². The Balaban J connectivity index is 1.93. The molecule has 0 spiro atoms. The summed E-state index contributed by atoms with van der Waals surface area (Å²) in [5.74, 6) is -0.717. The number of allylic oxidation sites excluding steroid dienone is 6. The number of aliphatic carboxylic acids is 1. The molecule has 3 heteroatoms. The van der Waals surface area contributed by atoms with E-state index < -0.39 is 5.97 Å². The highest BCUT2D eigenvalue weighted by atomic mass is 16.6. The van der Waals surface area contributed by atoms with Crippen LogP contribution in [0.15, 0.2) is 48.6 Å². The van der Waals surface area contributed by atoms with Gasteiger partial charge in [0, 0.05) is 6.42 Å². The van der Waals surface area contributed by atoms with E-state index in [1.165, 1.54) is 0 Å². The van der Waals surface area contributed by atoms with Gasteiger partial charge in [0.2, 0.25) is 0 Å². The molecule has 0 aromatic carbocycles. The monoisotopic (exact) mass is 318 g/mol. The fourth-order valence-corrected chi connectivity index (χ4v) is 2.25. The zero-order valence-electron chi connectivity index (χ0n) is 14.2. The Kier molecular flexibility index (Phi) is 10.9. The van der Waals surface area contributed by atoms with Crippen LogP contribution in [0.25, 0.3) is 0 Å². The minimum atomic E-state index is -0.717. The first-order valence-electron chi connectivity index (χ1n) is 8.71. The van der Waals surface area contributed by atoms with Crippen LogP contribution in [-0.2, 0) is 9.53 Å². The Bertz CT molecular complexity index is 432. The Hall–Kier alpha value is -1.61. The van der Waals surface area contributed by atoms with Gasteiger partial charge < -0.3 is 9.84 Å². The second-order valence-corrected chi connectivity index (χ2v) is 5.74. The third-order valence-electron chi connectivity index (χ3n) is 3.63. The van der Waals surface area contributed by atoms with Crippen molar-refractivity contribution >= 4 is 5.97 Å². The molecule has 0 bridgehead atoms. The van der Waals surface area contributed by atoms with E-state index >= 15 is 0 Å². The standard InChI is InChI=1S/C20H30O3/c1-2-3-12-15-18-19(23-18)16-13-10-8-6-4-5-7-9-11-14-17-20(21)22/h3-4,6-7,9-10,12-13,18-19H,2,5,8,11,14-17H2,1H3,(H,21,22)/b6-4+,9-7+,12-3+,13-10+/t18-,19+/m1/s1. The molecule has 0 saturated carbocycles. The van der Waals surface area contributed by atoms with Crippen molar-refractivity contribution in [3.63, 3.8) is 0 Å². The molecule has 0 aromatic heterocycles. The van der Waals surface area contributed by atoms with Crippen molar-refractivity contribution in [2.24, 2.45) is 0 Å². The average molecular weight is 318 g/mol. The largest absolute Gasteiger partial charge is 0.481 e. The quantitative estimate of drug-likeness (QED) is 0.288. The molecular weight excluding hydrogens is 288 g/mol. The molecule has 2 atom stereocenters. The maximum atomic E-state index is 10.3. The van der Waals surface area contributed by atoms with Gasteiger partial charge in [-0.1, -0.05) is 55.5 Å². The van der Waals surface area contributed by atoms with Gasteiger partial charge in [0.1, 0.15) is 0 Å². The van der Waals surface area contributed by atoms with Crippen LogP contribution in [0, 0.1) is 0 Å². The molecule has 1 aliphatic rings. The van der Waals surface area contributed by atoms with E-state index in [9.17, 15) is 4.79 Å². The summed E-state index contributed by atoms with van der Waals surface area (Å²) in [4.78, 5) is 10.3. The summed E-state index contributed by atoms with van der Waals surface area (Å²) in [6.45, 7) is 2.15. The van der Waals surface area contributed by atoms with Gasteiger partial charge in [-0.05, 0) is 44.9 Å². The molecule has 1 fully saturated rings. The molecule has 0 aliphatic carbocycles. The molecule has 3 nitrogen and oxygen atoms in total. The molecule has 1 N–H and O–H groups in total. The van der Waals surface area contributed by atoms with Gasteiger partial charge in [0.15, 0.2) is 0 Å². The molecule has 1 aliphatic heterocycles. The molecule has 0 unspecified atom stereocenters. The summed E-state index contributed by atoms with van der Waals surface area (Å²) >= 11 is 0. The fraction of sp³-hybridized carbons (Fsp3) is 0.550. The van der Waals surface area contributed by atoms with Crippen molar-refractivity contribution in [3.8, 4) is 0 Å². The van der Waals surface area contributed by atoms with E-state index in [1.807, 2.05) is 0 Å². The van der Waals surface area contributed by atoms with Crippen LogP contribution < -0.4 is 0 Å². The van der Waals surface area contributed by atoms with Crippen molar-refractivity contribution in [2.45, 2.75) is 70.5 Å². The minimum Gasteiger partial charge on any atom is -0.481 e. The van der Waals surface area contributed by atoms with Crippen LogP contribution in [0.5, 0.6) is 0 Å². The van der Waals surface area contributed by atoms with E-state index in [-0.39, 0.29) is 6.42 Å². The van der Waals surface area contributed by atoms with Crippen molar-refractivity contribution in [1.29, 1.82) is 0 Å². The lowest BCUT2D eigenvalue weighted by molar-refractivity contribution is -0.137. The third-order valence-corrected chi connectivity index (χ3v) is 3.63. The molecule has 23 heavy (non-hydrogen) atoms. The Morgan fingerprint density at radius 1 is 0.913 bits per heavy atom. The van der Waals surface area contributed by atoms with E-state index in [0.717, 1.165) is 44.9 Å². The topological polar surface area (TPSA) is 49.8 Å². The summed E-state index contributed by atoms with van der Waals surface area (Å²) in [5.41, 5.74) is 0. The van der Waals surface area contributed by atoms with E-state index in [2.05, 4.69) is 55.5 Å². The van der Waals surface area contributed by atoms with Crippen molar-refractivity contribution in [3.05, 3.63) is 48.6 Å². The summed E-state index contributed by atoms with van der Waals surface area (Å²) in [6.07, 6.45) is 25.0. The average Bonchev–Trinajstić information content (AvgIpc) is 3.27. The first-order chi connectivity index (χ1) is 11.2. The van der Waals surface area contributed by atoms with Crippen LogP contribution in [0.3, 0.4) is 0 Å². The lowest BCUT2D eigenvalue weighted by Gasteiger charge is -1.90. The molecule has 0 aromatic rings. The highest BCUT2D eigenvalue weighted by molar-refractivity contribution is 5.66. The summed E-state index contributed by atoms with van der Waals surface area (Å²) in [5, 5.41) is 8.51. The SMILES string of the molecule is CC/C=C/C[C@H]1O[C@H]1C/C=C/C/C=C/C/C=C/CCCC(=O)O. The van der Waals surface area contributed by atoms with E-state index in [0.29, 0.717) is 12.2 Å². The van der Waals surface area contributed by atoms with Gasteiger partial charge in [-0.15, -0.1) is 0 Å². The second-order valence-electron chi connectivity index (χ2n) is 5.74. The van der Waals surface area contributed by atoms with E-state index in [4.69, 9.17) is 9.84 Å². The Labute approximate surface area is 140 Å². The Morgan fingerprint density at radius 3 is 2.09 bits per heavy atom. The number of carboxylic acid groups (broad SMARTS) is 1. The normalized spacial score (nSPS) is 21.3. The fourth-order valence-electron chi connectivity index (χ4n) is 2.25.